The van der Waals surface area contributed by atoms with Crippen LogP contribution in [0.4, 0.5) is 0 Å². The molecule has 0 spiro atoms. The molecular formula is C23H29O7P. The first-order valence-electron chi connectivity index (χ1n) is 9.79. The van der Waals surface area contributed by atoms with Gasteiger partial charge in [-0.05, 0) is 55.0 Å². The quantitative estimate of drug-likeness (QED) is 0.329. The summed E-state index contributed by atoms with van der Waals surface area (Å²) in [4.78, 5) is 34.0. The molecule has 3 N–H and O–H groups in total. The fourth-order valence-corrected chi connectivity index (χ4v) is 3.37. The topological polar surface area (TPSA) is 113 Å². The van der Waals surface area contributed by atoms with E-state index in [0.29, 0.717) is 0 Å². The van der Waals surface area contributed by atoms with Crippen molar-refractivity contribution in [1.29, 1.82) is 0 Å². The van der Waals surface area contributed by atoms with E-state index in [1.54, 1.807) is 0 Å². The molecule has 8 heteroatoms. The minimum Gasteiger partial charge on any atom is -0.461 e. The van der Waals surface area contributed by atoms with Gasteiger partial charge in [0.1, 0.15) is 18.1 Å². The molecule has 0 aromatic heterocycles. The Bertz CT molecular complexity index is 951. The summed E-state index contributed by atoms with van der Waals surface area (Å²) in [5, 5.41) is 0. The monoisotopic (exact) mass is 448 g/mol. The molecule has 0 saturated heterocycles. The van der Waals surface area contributed by atoms with Crippen LogP contribution in [-0.2, 0) is 20.7 Å². The molecule has 2 atom stereocenters. The van der Waals surface area contributed by atoms with E-state index in [1.165, 1.54) is 5.57 Å². The second kappa shape index (κ2) is 10.2. The highest BCUT2D eigenvalue weighted by Crippen LogP contribution is 2.59. The van der Waals surface area contributed by atoms with Crippen molar-refractivity contribution in [1.82, 2.24) is 0 Å². The van der Waals surface area contributed by atoms with Crippen molar-refractivity contribution in [3.63, 3.8) is 0 Å². The molecule has 0 radical (unpaired) electrons. The fraction of sp³-hybridized carbons (Fsp3) is 0.348. The molecule has 1 aliphatic carbocycles. The van der Waals surface area contributed by atoms with E-state index in [2.05, 4.69) is 33.8 Å². The van der Waals surface area contributed by atoms with Crippen LogP contribution in [0.25, 0.3) is 0 Å². The maximum absolute atomic E-state index is 12.5. The van der Waals surface area contributed by atoms with Gasteiger partial charge in [0.25, 0.3) is 0 Å². The van der Waals surface area contributed by atoms with Gasteiger partial charge in [-0.25, -0.2) is 4.57 Å². The number of allylic oxidation sites excluding steroid dienone is 2. The van der Waals surface area contributed by atoms with Gasteiger partial charge in [-0.3, -0.25) is 4.79 Å². The molecule has 2 aromatic carbocycles. The Kier molecular flexibility index (Phi) is 8.21. The van der Waals surface area contributed by atoms with Crippen LogP contribution in [0.15, 0.2) is 66.2 Å². The van der Waals surface area contributed by atoms with Gasteiger partial charge in [0.15, 0.2) is 0 Å². The Morgan fingerprint density at radius 2 is 1.61 bits per heavy atom. The Hall–Kier alpha value is -2.44. The van der Waals surface area contributed by atoms with Crippen LogP contribution < -0.4 is 4.74 Å². The molecule has 0 aliphatic heterocycles. The first kappa shape index (κ1) is 24.8. The third-order valence-corrected chi connectivity index (χ3v) is 4.94. The number of benzene rings is 2. The van der Waals surface area contributed by atoms with Crippen molar-refractivity contribution in [2.75, 3.05) is 0 Å². The van der Waals surface area contributed by atoms with Crippen LogP contribution in [0.3, 0.4) is 0 Å². The predicted octanol–water partition coefficient (Wildman–Crippen LogP) is 4.83. The molecule has 1 fully saturated rings. The standard InChI is InChI=1S/C23H26O3.H3O4P/c1-16(2)13-20-21(23(20,3)4)22(24)25-15-17-9-8-12-19(14-17)26-18-10-6-5-7-11-18;1-5(2,3)4/h5-14,20-21H,15H2,1-4H3;(H3,1,2,3,4). The van der Waals surface area contributed by atoms with Crippen LogP contribution in [-0.4, -0.2) is 20.6 Å². The summed E-state index contributed by atoms with van der Waals surface area (Å²) < 4.78 is 20.3. The Morgan fingerprint density at radius 1 is 1.03 bits per heavy atom. The molecule has 7 nitrogen and oxygen atoms in total. The van der Waals surface area contributed by atoms with E-state index in [1.807, 2.05) is 54.6 Å². The molecule has 31 heavy (non-hydrogen) atoms. The summed E-state index contributed by atoms with van der Waals surface area (Å²) >= 11 is 0. The van der Waals surface area contributed by atoms with Crippen molar-refractivity contribution >= 4 is 13.8 Å². The van der Waals surface area contributed by atoms with Crippen molar-refractivity contribution in [2.45, 2.75) is 34.3 Å². The summed E-state index contributed by atoms with van der Waals surface area (Å²) in [5.41, 5.74) is 2.14. The van der Waals surface area contributed by atoms with Crippen molar-refractivity contribution in [2.24, 2.45) is 17.3 Å². The highest BCUT2D eigenvalue weighted by atomic mass is 31.2. The number of ether oxygens (including phenoxy) is 2. The van der Waals surface area contributed by atoms with E-state index >= 15 is 0 Å². The largest absolute Gasteiger partial charge is 0.466 e. The van der Waals surface area contributed by atoms with Gasteiger partial charge in [0, 0.05) is 0 Å². The molecule has 2 aromatic rings. The van der Waals surface area contributed by atoms with Crippen molar-refractivity contribution in [3.8, 4) is 11.5 Å². The molecule has 1 saturated carbocycles. The first-order valence-corrected chi connectivity index (χ1v) is 11.4. The lowest BCUT2D eigenvalue weighted by atomic mass is 10.1. The second-order valence-corrected chi connectivity index (χ2v) is 9.28. The second-order valence-electron chi connectivity index (χ2n) is 8.25. The summed E-state index contributed by atoms with van der Waals surface area (Å²) in [6.45, 7) is 8.64. The number of carbonyl (C=O) groups excluding carboxylic acids is 1. The average molecular weight is 448 g/mol. The number of para-hydroxylation sites is 1. The Balaban J connectivity index is 0.000000614. The normalized spacial score (nSPS) is 18.8. The fourth-order valence-electron chi connectivity index (χ4n) is 3.37. The minimum absolute atomic E-state index is 0.0212. The number of hydrogen-bond donors (Lipinski definition) is 3. The van der Waals surface area contributed by atoms with E-state index in [9.17, 15) is 4.79 Å². The zero-order chi connectivity index (χ0) is 23.2. The smallest absolute Gasteiger partial charge is 0.461 e. The van der Waals surface area contributed by atoms with Crippen LogP contribution in [0, 0.1) is 17.3 Å². The van der Waals surface area contributed by atoms with Crippen LogP contribution in [0.5, 0.6) is 11.5 Å². The summed E-state index contributed by atoms with van der Waals surface area (Å²) in [5.74, 6) is 1.62. The molecule has 0 bridgehead atoms. The summed E-state index contributed by atoms with van der Waals surface area (Å²) in [7, 11) is -4.64. The number of carbonyl (C=O) groups is 1. The van der Waals surface area contributed by atoms with Gasteiger partial charge in [0.05, 0.1) is 5.92 Å². The zero-order valence-corrected chi connectivity index (χ0v) is 19.0. The van der Waals surface area contributed by atoms with Gasteiger partial charge in [-0.1, -0.05) is 55.8 Å². The third kappa shape index (κ3) is 8.31. The van der Waals surface area contributed by atoms with E-state index in [-0.39, 0.29) is 29.8 Å². The van der Waals surface area contributed by atoms with Gasteiger partial charge >= 0.3 is 13.8 Å². The SMILES string of the molecule is CC(C)=CC1C(C(=O)OCc2cccc(Oc3ccccc3)c2)C1(C)C.O=P(O)(O)O. The van der Waals surface area contributed by atoms with E-state index in [4.69, 9.17) is 28.7 Å². The molecule has 0 amide bonds. The molecule has 3 rings (SSSR count). The van der Waals surface area contributed by atoms with Crippen LogP contribution in [0.1, 0.15) is 33.3 Å². The minimum atomic E-state index is -4.64. The predicted molar refractivity (Wildman–Crippen MR) is 117 cm³/mol. The lowest BCUT2D eigenvalue weighted by molar-refractivity contribution is -0.147. The van der Waals surface area contributed by atoms with Crippen molar-refractivity contribution in [3.05, 3.63) is 71.8 Å². The van der Waals surface area contributed by atoms with Gasteiger partial charge < -0.3 is 24.2 Å². The van der Waals surface area contributed by atoms with Crippen molar-refractivity contribution < 1.29 is 33.5 Å². The third-order valence-electron chi connectivity index (χ3n) is 4.94. The van der Waals surface area contributed by atoms with Crippen LogP contribution in [0.2, 0.25) is 0 Å². The number of esters is 1. The lowest BCUT2D eigenvalue weighted by Gasteiger charge is -2.09. The summed E-state index contributed by atoms with van der Waals surface area (Å²) in [6.07, 6.45) is 2.18. The van der Waals surface area contributed by atoms with E-state index in [0.717, 1.165) is 17.1 Å². The summed E-state index contributed by atoms with van der Waals surface area (Å²) in [6, 6.07) is 17.3. The highest BCUT2D eigenvalue weighted by Gasteiger charge is 2.61. The first-order chi connectivity index (χ1) is 14.4. The van der Waals surface area contributed by atoms with Gasteiger partial charge in [-0.15, -0.1) is 0 Å². The maximum Gasteiger partial charge on any atom is 0.466 e. The molecule has 168 valence electrons. The Morgan fingerprint density at radius 3 is 2.19 bits per heavy atom. The zero-order valence-electron chi connectivity index (χ0n) is 18.1. The van der Waals surface area contributed by atoms with Gasteiger partial charge in [0.2, 0.25) is 0 Å². The molecule has 2 unspecified atom stereocenters. The Labute approximate surface area is 182 Å². The molecule has 1 aliphatic rings. The lowest BCUT2D eigenvalue weighted by Crippen LogP contribution is -2.10. The van der Waals surface area contributed by atoms with E-state index < -0.39 is 7.82 Å². The molecule has 0 heterocycles. The maximum atomic E-state index is 12.5. The average Bonchev–Trinajstić information content (AvgIpc) is 3.19. The number of rotatable bonds is 6. The number of hydrogen-bond acceptors (Lipinski definition) is 4. The van der Waals surface area contributed by atoms with Crippen LogP contribution >= 0.6 is 7.82 Å². The highest BCUT2D eigenvalue weighted by molar-refractivity contribution is 7.45. The molecular weight excluding hydrogens is 419 g/mol. The number of phosphoric acid groups is 1. The van der Waals surface area contributed by atoms with Gasteiger partial charge in [-0.2, -0.15) is 0 Å².